The zero-order valence-corrected chi connectivity index (χ0v) is 20.0. The fourth-order valence-corrected chi connectivity index (χ4v) is 4.89. The zero-order valence-electron chi connectivity index (χ0n) is 20.0. The van der Waals surface area contributed by atoms with Crippen molar-refractivity contribution >= 4 is 28.7 Å². The van der Waals surface area contributed by atoms with Crippen LogP contribution in [0.3, 0.4) is 0 Å². The van der Waals surface area contributed by atoms with Crippen LogP contribution in [0, 0.1) is 5.92 Å². The van der Waals surface area contributed by atoms with Crippen LogP contribution in [0.4, 0.5) is 24.9 Å². The molecule has 5 rings (SSSR count). The molecule has 2 saturated heterocycles. The molecule has 4 heterocycles. The van der Waals surface area contributed by atoms with E-state index in [0.29, 0.717) is 42.9 Å². The minimum Gasteiger partial charge on any atom is -0.390 e. The second-order valence-electron chi connectivity index (χ2n) is 9.90. The van der Waals surface area contributed by atoms with Crippen molar-refractivity contribution in [3.05, 3.63) is 36.0 Å². The van der Waals surface area contributed by atoms with Gasteiger partial charge in [-0.1, -0.05) is 6.07 Å². The fourth-order valence-electron chi connectivity index (χ4n) is 4.89. The lowest BCUT2D eigenvalue weighted by Crippen LogP contribution is -2.42. The Bertz CT molecular complexity index is 1280. The Morgan fingerprint density at radius 3 is 2.53 bits per heavy atom. The molecule has 9 nitrogen and oxygen atoms in total. The van der Waals surface area contributed by atoms with Crippen LogP contribution in [0.15, 0.2) is 30.5 Å². The first-order chi connectivity index (χ1) is 17.0. The van der Waals surface area contributed by atoms with Gasteiger partial charge in [-0.2, -0.15) is 28.2 Å². The van der Waals surface area contributed by atoms with Crippen LogP contribution in [0.5, 0.6) is 0 Å². The first-order valence-electron chi connectivity index (χ1n) is 12.0. The summed E-state index contributed by atoms with van der Waals surface area (Å²) in [6.45, 7) is 5.43. The number of benzene rings is 1. The van der Waals surface area contributed by atoms with Gasteiger partial charge in [-0.05, 0) is 57.2 Å². The first-order valence-corrected chi connectivity index (χ1v) is 12.0. The van der Waals surface area contributed by atoms with E-state index in [2.05, 4.69) is 25.6 Å². The molecule has 192 valence electrons. The van der Waals surface area contributed by atoms with Gasteiger partial charge in [0, 0.05) is 19.6 Å². The summed E-state index contributed by atoms with van der Waals surface area (Å²) in [6.07, 6.45) is -0.861. The highest BCUT2D eigenvalue weighted by molar-refractivity contribution is 5.90. The average Bonchev–Trinajstić information content (AvgIpc) is 3.44. The van der Waals surface area contributed by atoms with Crippen molar-refractivity contribution in [2.45, 2.75) is 50.9 Å². The molecule has 0 aliphatic carbocycles. The third kappa shape index (κ3) is 4.69. The van der Waals surface area contributed by atoms with E-state index in [-0.39, 0.29) is 23.5 Å². The number of fused-ring (bicyclic) bond motifs is 1. The van der Waals surface area contributed by atoms with Crippen LogP contribution in [0.1, 0.15) is 38.7 Å². The van der Waals surface area contributed by atoms with Crippen LogP contribution in [0.2, 0.25) is 0 Å². The lowest BCUT2D eigenvalue weighted by molar-refractivity contribution is -0.137. The summed E-state index contributed by atoms with van der Waals surface area (Å²) in [5, 5.41) is 21.2. The van der Waals surface area contributed by atoms with Gasteiger partial charge in [0.2, 0.25) is 11.9 Å². The molecule has 0 spiro atoms. The summed E-state index contributed by atoms with van der Waals surface area (Å²) in [5.74, 6) is 0.780. The van der Waals surface area contributed by atoms with Gasteiger partial charge >= 0.3 is 6.18 Å². The monoisotopic (exact) mass is 503 g/mol. The number of aliphatic hydroxyl groups is 1. The minimum atomic E-state index is -4.49. The number of rotatable bonds is 5. The number of nitrogens with one attached hydrogen (secondary N) is 2. The van der Waals surface area contributed by atoms with Crippen LogP contribution in [0.25, 0.3) is 16.7 Å². The maximum absolute atomic E-state index is 13.3. The molecule has 0 saturated carbocycles. The molecular formula is C24H28F3N7O2. The summed E-state index contributed by atoms with van der Waals surface area (Å²) in [7, 11) is 0. The van der Waals surface area contributed by atoms with Gasteiger partial charge in [-0.15, -0.1) is 0 Å². The van der Waals surface area contributed by atoms with E-state index < -0.39 is 23.4 Å². The smallest absolute Gasteiger partial charge is 0.390 e. The minimum absolute atomic E-state index is 0.138. The van der Waals surface area contributed by atoms with E-state index in [0.717, 1.165) is 25.0 Å². The van der Waals surface area contributed by atoms with Crippen molar-refractivity contribution < 1.29 is 23.1 Å². The van der Waals surface area contributed by atoms with Gasteiger partial charge in [0.05, 0.1) is 28.4 Å². The Balaban J connectivity index is 1.56. The highest BCUT2D eigenvalue weighted by Crippen LogP contribution is 2.35. The number of nitrogens with zero attached hydrogens (tertiary/aromatic N) is 5. The summed E-state index contributed by atoms with van der Waals surface area (Å²) < 4.78 is 41.4. The van der Waals surface area contributed by atoms with E-state index in [1.54, 1.807) is 6.20 Å². The molecule has 0 radical (unpaired) electrons. The van der Waals surface area contributed by atoms with Crippen LogP contribution < -0.4 is 15.5 Å². The van der Waals surface area contributed by atoms with Gasteiger partial charge < -0.3 is 20.6 Å². The number of hydrogen-bond acceptors (Lipinski definition) is 7. The third-order valence-electron chi connectivity index (χ3n) is 6.97. The number of amides is 1. The fraction of sp³-hybridized carbons (Fsp3) is 0.500. The second kappa shape index (κ2) is 8.91. The molecule has 12 heteroatoms. The van der Waals surface area contributed by atoms with E-state index in [1.165, 1.54) is 16.8 Å². The van der Waals surface area contributed by atoms with E-state index in [1.807, 2.05) is 13.8 Å². The molecule has 2 fully saturated rings. The Labute approximate surface area is 205 Å². The second-order valence-corrected chi connectivity index (χ2v) is 9.90. The summed E-state index contributed by atoms with van der Waals surface area (Å²) >= 11 is 0. The molecule has 3 N–H and O–H groups in total. The number of carbonyl (C=O) groups is 1. The summed E-state index contributed by atoms with van der Waals surface area (Å²) in [6, 6.07) is 4.41. The number of carbonyl (C=O) groups excluding carboxylic acids is 1. The van der Waals surface area contributed by atoms with Gasteiger partial charge in [-0.3, -0.25) is 4.79 Å². The Kier molecular flexibility index (Phi) is 6.01. The van der Waals surface area contributed by atoms with Crippen molar-refractivity contribution in [3.63, 3.8) is 0 Å². The normalized spacial score (nSPS) is 19.7. The topological polar surface area (TPSA) is 108 Å². The molecule has 2 aliphatic rings. The molecule has 0 unspecified atom stereocenters. The van der Waals surface area contributed by atoms with Crippen molar-refractivity contribution in [1.82, 2.24) is 25.1 Å². The van der Waals surface area contributed by atoms with Crippen molar-refractivity contribution in [2.75, 3.05) is 29.9 Å². The van der Waals surface area contributed by atoms with Crippen molar-refractivity contribution in [2.24, 2.45) is 5.92 Å². The average molecular weight is 504 g/mol. The highest BCUT2D eigenvalue weighted by atomic mass is 19.4. The standard InChI is InChI=1S/C24H28F3N7O2/c1-23(2,36)14-7-10-33(11-8-14)19-17-13-29-34(16-5-3-4-15(12-16)24(25,26)27)20(17)32-22(31-19)30-18-6-9-28-21(18)35/h3-5,12-14,18,36H,6-11H2,1-2H3,(H,28,35)(H,30,31,32)/t18-/m0/s1. The maximum Gasteiger partial charge on any atom is 0.416 e. The summed E-state index contributed by atoms with van der Waals surface area (Å²) in [5.41, 5.74) is -1.02. The van der Waals surface area contributed by atoms with E-state index >= 15 is 0 Å². The molecular weight excluding hydrogens is 475 g/mol. The molecule has 1 atom stereocenters. The zero-order chi connectivity index (χ0) is 25.7. The maximum atomic E-state index is 13.3. The number of piperidine rings is 1. The molecule has 0 bridgehead atoms. The van der Waals surface area contributed by atoms with E-state index in [9.17, 15) is 23.1 Å². The Morgan fingerprint density at radius 1 is 1.14 bits per heavy atom. The van der Waals surface area contributed by atoms with Gasteiger partial charge in [0.15, 0.2) is 5.65 Å². The molecule has 36 heavy (non-hydrogen) atoms. The third-order valence-corrected chi connectivity index (χ3v) is 6.97. The van der Waals surface area contributed by atoms with Crippen molar-refractivity contribution in [1.29, 1.82) is 0 Å². The van der Waals surface area contributed by atoms with Crippen molar-refractivity contribution in [3.8, 4) is 5.69 Å². The Hall–Kier alpha value is -3.41. The van der Waals surface area contributed by atoms with Gasteiger partial charge in [-0.25, -0.2) is 4.68 Å². The largest absolute Gasteiger partial charge is 0.416 e. The SMILES string of the molecule is CC(C)(O)C1CCN(c2nc(N[C@H]3CCNC3=O)nc3c2cnn3-c2cccc(C(F)(F)F)c2)CC1. The lowest BCUT2D eigenvalue weighted by atomic mass is 9.83. The summed E-state index contributed by atoms with van der Waals surface area (Å²) in [4.78, 5) is 23.5. The number of aromatic nitrogens is 4. The number of hydrogen-bond donors (Lipinski definition) is 3. The Morgan fingerprint density at radius 2 is 1.89 bits per heavy atom. The van der Waals surface area contributed by atoms with Gasteiger partial charge in [0.25, 0.3) is 0 Å². The van der Waals surface area contributed by atoms with Crippen LogP contribution in [-0.4, -0.2) is 62.0 Å². The first kappa shape index (κ1) is 24.3. The molecule has 2 aliphatic heterocycles. The molecule has 1 amide bonds. The predicted molar refractivity (Wildman–Crippen MR) is 128 cm³/mol. The van der Waals surface area contributed by atoms with Gasteiger partial charge in [0.1, 0.15) is 11.9 Å². The molecule has 1 aromatic carbocycles. The van der Waals surface area contributed by atoms with Crippen LogP contribution in [-0.2, 0) is 11.0 Å². The predicted octanol–water partition coefficient (Wildman–Crippen LogP) is 3.12. The molecule has 2 aromatic heterocycles. The lowest BCUT2D eigenvalue weighted by Gasteiger charge is -2.38. The molecule has 3 aromatic rings. The highest BCUT2D eigenvalue weighted by Gasteiger charge is 2.33. The quantitative estimate of drug-likeness (QED) is 0.491. The number of alkyl halides is 3. The van der Waals surface area contributed by atoms with E-state index in [4.69, 9.17) is 4.98 Å². The number of anilines is 2. The van der Waals surface area contributed by atoms with Crippen LogP contribution >= 0.6 is 0 Å². The number of halogens is 3.